The fourth-order valence-corrected chi connectivity index (χ4v) is 5.16. The highest BCUT2D eigenvalue weighted by atomic mass is 15.3. The lowest BCUT2D eigenvalue weighted by molar-refractivity contribution is 0.315. The van der Waals surface area contributed by atoms with Gasteiger partial charge in [0.15, 0.2) is 0 Å². The SMILES string of the molecule is Cc1cnc(Nc2ccc(N3CCNCC3)cc2)nc1-c1cnn(C(CC#N)C2CCCC2)c1. The molecule has 2 fully saturated rings. The molecule has 0 bridgehead atoms. The van der Waals surface area contributed by atoms with E-state index in [0.29, 0.717) is 18.3 Å². The van der Waals surface area contributed by atoms with E-state index in [1.54, 1.807) is 0 Å². The maximum Gasteiger partial charge on any atom is 0.227 e. The smallest absolute Gasteiger partial charge is 0.227 e. The van der Waals surface area contributed by atoms with Crippen molar-refractivity contribution in [2.75, 3.05) is 36.4 Å². The molecule has 1 unspecified atom stereocenters. The molecule has 0 amide bonds. The Kier molecular flexibility index (Phi) is 6.72. The first-order valence-corrected chi connectivity index (χ1v) is 12.3. The van der Waals surface area contributed by atoms with Gasteiger partial charge < -0.3 is 15.5 Å². The van der Waals surface area contributed by atoms with Crippen molar-refractivity contribution in [1.82, 2.24) is 25.1 Å². The van der Waals surface area contributed by atoms with Crippen LogP contribution in [0, 0.1) is 24.2 Å². The normalized spacial score (nSPS) is 17.5. The van der Waals surface area contributed by atoms with Crippen molar-refractivity contribution < 1.29 is 0 Å². The largest absolute Gasteiger partial charge is 0.369 e. The van der Waals surface area contributed by atoms with Gasteiger partial charge in [0, 0.05) is 55.5 Å². The van der Waals surface area contributed by atoms with E-state index in [2.05, 4.69) is 56.0 Å². The third-order valence-electron chi connectivity index (χ3n) is 7.04. The zero-order valence-corrected chi connectivity index (χ0v) is 19.7. The molecule has 1 atom stereocenters. The van der Waals surface area contributed by atoms with Crippen molar-refractivity contribution in [3.8, 4) is 17.3 Å². The van der Waals surface area contributed by atoms with Crippen LogP contribution in [0.1, 0.15) is 43.7 Å². The molecule has 1 aliphatic carbocycles. The van der Waals surface area contributed by atoms with Crippen LogP contribution in [-0.4, -0.2) is 45.9 Å². The van der Waals surface area contributed by atoms with Crippen LogP contribution >= 0.6 is 0 Å². The molecule has 3 aromatic rings. The quantitative estimate of drug-likeness (QED) is 0.542. The van der Waals surface area contributed by atoms with Gasteiger partial charge >= 0.3 is 0 Å². The summed E-state index contributed by atoms with van der Waals surface area (Å²) in [6, 6.07) is 10.9. The number of nitriles is 1. The van der Waals surface area contributed by atoms with Gasteiger partial charge in [-0.3, -0.25) is 4.68 Å². The van der Waals surface area contributed by atoms with Crippen LogP contribution < -0.4 is 15.5 Å². The first-order chi connectivity index (χ1) is 16.7. The maximum atomic E-state index is 9.37. The monoisotopic (exact) mass is 456 g/mol. The van der Waals surface area contributed by atoms with Gasteiger partial charge in [-0.1, -0.05) is 12.8 Å². The number of rotatable bonds is 7. The Morgan fingerprint density at radius 2 is 1.91 bits per heavy atom. The average molecular weight is 457 g/mol. The summed E-state index contributed by atoms with van der Waals surface area (Å²) in [5.41, 5.74) is 5.01. The maximum absolute atomic E-state index is 9.37. The molecule has 2 N–H and O–H groups in total. The van der Waals surface area contributed by atoms with Crippen molar-refractivity contribution >= 4 is 17.3 Å². The Morgan fingerprint density at radius 3 is 2.65 bits per heavy atom. The first kappa shape index (κ1) is 22.4. The number of piperazine rings is 1. The molecule has 1 saturated heterocycles. The molecule has 1 aromatic carbocycles. The van der Waals surface area contributed by atoms with Crippen LogP contribution in [0.25, 0.3) is 11.3 Å². The predicted octanol–water partition coefficient (Wildman–Crippen LogP) is 4.45. The summed E-state index contributed by atoms with van der Waals surface area (Å²) in [5, 5.41) is 20.7. The lowest BCUT2D eigenvalue weighted by atomic mass is 9.96. The van der Waals surface area contributed by atoms with Crippen LogP contribution in [0.2, 0.25) is 0 Å². The molecule has 176 valence electrons. The number of aromatic nitrogens is 4. The second-order valence-corrected chi connectivity index (χ2v) is 9.32. The standard InChI is InChI=1S/C26H32N8/c1-19-16-29-26(31-22-6-8-23(9-7-22)33-14-12-28-13-15-33)32-25(19)21-17-30-34(18-21)24(10-11-27)20-4-2-3-5-20/h6-9,16-18,20,24,28H,2-5,10,12-15H2,1H3,(H,29,31,32). The predicted molar refractivity (Wildman–Crippen MR) is 134 cm³/mol. The Hall–Kier alpha value is -3.44. The summed E-state index contributed by atoms with van der Waals surface area (Å²) in [7, 11) is 0. The average Bonchev–Trinajstić information content (AvgIpc) is 3.58. The molecule has 1 saturated carbocycles. The number of hydrogen-bond acceptors (Lipinski definition) is 7. The third-order valence-corrected chi connectivity index (χ3v) is 7.04. The summed E-state index contributed by atoms with van der Waals surface area (Å²) >= 11 is 0. The highest BCUT2D eigenvalue weighted by molar-refractivity contribution is 5.65. The lowest BCUT2D eigenvalue weighted by Crippen LogP contribution is -2.43. The summed E-state index contributed by atoms with van der Waals surface area (Å²) in [4.78, 5) is 11.7. The van der Waals surface area contributed by atoms with Gasteiger partial charge in [0.1, 0.15) is 0 Å². The molecule has 1 aliphatic heterocycles. The van der Waals surface area contributed by atoms with Crippen molar-refractivity contribution in [2.45, 2.75) is 45.1 Å². The zero-order valence-electron chi connectivity index (χ0n) is 19.7. The Morgan fingerprint density at radius 1 is 1.15 bits per heavy atom. The van der Waals surface area contributed by atoms with E-state index in [-0.39, 0.29) is 6.04 Å². The molecular formula is C26H32N8. The van der Waals surface area contributed by atoms with Crippen molar-refractivity contribution in [2.24, 2.45) is 5.92 Å². The van der Waals surface area contributed by atoms with Gasteiger partial charge in [0.2, 0.25) is 5.95 Å². The summed E-state index contributed by atoms with van der Waals surface area (Å²) < 4.78 is 1.98. The van der Waals surface area contributed by atoms with Crippen molar-refractivity contribution in [3.05, 3.63) is 48.4 Å². The second-order valence-electron chi connectivity index (χ2n) is 9.32. The minimum atomic E-state index is 0.134. The lowest BCUT2D eigenvalue weighted by Gasteiger charge is -2.29. The topological polar surface area (TPSA) is 94.7 Å². The highest BCUT2D eigenvalue weighted by Crippen LogP contribution is 2.36. The van der Waals surface area contributed by atoms with Crippen LogP contribution in [0.5, 0.6) is 0 Å². The Labute approximate surface area is 201 Å². The molecular weight excluding hydrogens is 424 g/mol. The molecule has 2 aromatic heterocycles. The van der Waals surface area contributed by atoms with E-state index < -0.39 is 0 Å². The van der Waals surface area contributed by atoms with E-state index in [9.17, 15) is 5.26 Å². The fourth-order valence-electron chi connectivity index (χ4n) is 5.16. The van der Waals surface area contributed by atoms with E-state index in [1.165, 1.54) is 31.4 Å². The van der Waals surface area contributed by atoms with Crippen LogP contribution in [0.15, 0.2) is 42.9 Å². The van der Waals surface area contributed by atoms with Crippen LogP contribution in [0.3, 0.4) is 0 Å². The fraction of sp³-hybridized carbons (Fsp3) is 0.462. The number of nitrogens with zero attached hydrogens (tertiary/aromatic N) is 6. The molecule has 3 heterocycles. The van der Waals surface area contributed by atoms with Crippen molar-refractivity contribution in [3.63, 3.8) is 0 Å². The van der Waals surface area contributed by atoms with E-state index in [4.69, 9.17) is 4.98 Å². The number of hydrogen-bond donors (Lipinski definition) is 2. The molecule has 8 nitrogen and oxygen atoms in total. The Bertz CT molecular complexity index is 1130. The van der Waals surface area contributed by atoms with Gasteiger partial charge in [-0.15, -0.1) is 0 Å². The van der Waals surface area contributed by atoms with Gasteiger partial charge in [0.05, 0.1) is 30.4 Å². The molecule has 0 spiro atoms. The van der Waals surface area contributed by atoms with E-state index in [1.807, 2.05) is 30.2 Å². The second kappa shape index (κ2) is 10.2. The van der Waals surface area contributed by atoms with Crippen molar-refractivity contribution in [1.29, 1.82) is 5.26 Å². The number of anilines is 3. The molecule has 0 radical (unpaired) electrons. The first-order valence-electron chi connectivity index (χ1n) is 12.3. The minimum Gasteiger partial charge on any atom is -0.369 e. The molecule has 5 rings (SSSR count). The van der Waals surface area contributed by atoms with Crippen LogP contribution in [0.4, 0.5) is 17.3 Å². The van der Waals surface area contributed by atoms with Crippen LogP contribution in [-0.2, 0) is 0 Å². The molecule has 2 aliphatic rings. The van der Waals surface area contributed by atoms with Gasteiger partial charge in [0.25, 0.3) is 0 Å². The molecule has 8 heteroatoms. The number of benzene rings is 1. The number of aryl methyl sites for hydroxylation is 1. The van der Waals surface area contributed by atoms with E-state index >= 15 is 0 Å². The molecule has 34 heavy (non-hydrogen) atoms. The van der Waals surface area contributed by atoms with Gasteiger partial charge in [-0.05, 0) is 55.5 Å². The van der Waals surface area contributed by atoms with E-state index in [0.717, 1.165) is 48.7 Å². The van der Waals surface area contributed by atoms with Gasteiger partial charge in [-0.2, -0.15) is 10.4 Å². The summed E-state index contributed by atoms with van der Waals surface area (Å²) in [5.74, 6) is 1.09. The summed E-state index contributed by atoms with van der Waals surface area (Å²) in [6.45, 7) is 6.12. The third kappa shape index (κ3) is 4.90. The Balaban J connectivity index is 1.32. The number of nitrogens with one attached hydrogen (secondary N) is 2. The summed E-state index contributed by atoms with van der Waals surface area (Å²) in [6.07, 6.45) is 11.1. The minimum absolute atomic E-state index is 0.134. The highest BCUT2D eigenvalue weighted by Gasteiger charge is 2.27. The van der Waals surface area contributed by atoms with Gasteiger partial charge in [-0.25, -0.2) is 9.97 Å². The zero-order chi connectivity index (χ0) is 23.3.